The molecule has 0 saturated carbocycles. The summed E-state index contributed by atoms with van der Waals surface area (Å²) < 4.78 is 22.8. The van der Waals surface area contributed by atoms with Crippen molar-refractivity contribution < 1.29 is 18.3 Å². The van der Waals surface area contributed by atoms with Crippen LogP contribution >= 0.6 is 0 Å². The standard InChI is InChI=1S/C13H20N2O4S/c1-14(2)8-9-15(10-13(16)17)11-4-6-12(7-5-11)20(3,18)19/h4-7H,8-10H2,1-3H3,(H,16,17). The first-order valence-corrected chi connectivity index (χ1v) is 8.01. The lowest BCUT2D eigenvalue weighted by Gasteiger charge is -2.24. The third-order valence-corrected chi connectivity index (χ3v) is 3.90. The summed E-state index contributed by atoms with van der Waals surface area (Å²) in [6.07, 6.45) is 1.14. The summed E-state index contributed by atoms with van der Waals surface area (Å²) in [4.78, 5) is 14.8. The van der Waals surface area contributed by atoms with Gasteiger partial charge in [0.05, 0.1) is 4.90 Å². The number of hydrogen-bond acceptors (Lipinski definition) is 5. The first kappa shape index (κ1) is 16.5. The van der Waals surface area contributed by atoms with Gasteiger partial charge in [0.2, 0.25) is 0 Å². The minimum absolute atomic E-state index is 0.119. The van der Waals surface area contributed by atoms with Crippen LogP contribution in [0.4, 0.5) is 5.69 Å². The molecule has 1 N–H and O–H groups in total. The average Bonchev–Trinajstić information content (AvgIpc) is 2.33. The molecule has 6 nitrogen and oxygen atoms in total. The molecular formula is C13H20N2O4S. The second-order valence-corrected chi connectivity index (χ2v) is 6.90. The lowest BCUT2D eigenvalue weighted by atomic mass is 10.3. The zero-order valence-electron chi connectivity index (χ0n) is 11.9. The molecule has 0 aliphatic heterocycles. The summed E-state index contributed by atoms with van der Waals surface area (Å²) >= 11 is 0. The molecule has 0 unspecified atom stereocenters. The minimum Gasteiger partial charge on any atom is -0.480 e. The molecule has 0 aromatic heterocycles. The van der Waals surface area contributed by atoms with Crippen LogP contribution in [0.3, 0.4) is 0 Å². The monoisotopic (exact) mass is 300 g/mol. The molecular weight excluding hydrogens is 280 g/mol. The van der Waals surface area contributed by atoms with Crippen molar-refractivity contribution in [2.24, 2.45) is 0 Å². The zero-order valence-corrected chi connectivity index (χ0v) is 12.7. The second-order valence-electron chi connectivity index (χ2n) is 4.88. The maximum Gasteiger partial charge on any atom is 0.323 e. The van der Waals surface area contributed by atoms with Gasteiger partial charge in [-0.15, -0.1) is 0 Å². The van der Waals surface area contributed by atoms with Crippen LogP contribution in [-0.4, -0.2) is 64.4 Å². The van der Waals surface area contributed by atoms with Gasteiger partial charge in [-0.25, -0.2) is 8.42 Å². The van der Waals surface area contributed by atoms with Crippen LogP contribution in [0.1, 0.15) is 0 Å². The van der Waals surface area contributed by atoms with Crippen LogP contribution in [0.25, 0.3) is 0 Å². The minimum atomic E-state index is -3.24. The Bertz CT molecular complexity index is 552. The highest BCUT2D eigenvalue weighted by atomic mass is 32.2. The van der Waals surface area contributed by atoms with Gasteiger partial charge in [-0.05, 0) is 38.4 Å². The predicted octanol–water partition coefficient (Wildman–Crippen LogP) is 0.543. The van der Waals surface area contributed by atoms with E-state index in [-0.39, 0.29) is 11.4 Å². The number of carboxylic acids is 1. The van der Waals surface area contributed by atoms with Crippen molar-refractivity contribution in [3.63, 3.8) is 0 Å². The maximum atomic E-state index is 11.4. The van der Waals surface area contributed by atoms with Crippen LogP contribution in [0.2, 0.25) is 0 Å². The fourth-order valence-electron chi connectivity index (χ4n) is 1.69. The van der Waals surface area contributed by atoms with E-state index in [4.69, 9.17) is 5.11 Å². The Hall–Kier alpha value is -1.60. The summed E-state index contributed by atoms with van der Waals surface area (Å²) in [5, 5.41) is 8.94. The van der Waals surface area contributed by atoms with Crippen molar-refractivity contribution in [3.8, 4) is 0 Å². The second kappa shape index (κ2) is 6.71. The van der Waals surface area contributed by atoms with E-state index in [0.717, 1.165) is 6.26 Å². The third-order valence-electron chi connectivity index (χ3n) is 2.77. The Kier molecular flexibility index (Phi) is 5.52. The van der Waals surface area contributed by atoms with Crippen molar-refractivity contribution in [3.05, 3.63) is 24.3 Å². The van der Waals surface area contributed by atoms with Gasteiger partial charge in [-0.1, -0.05) is 0 Å². The van der Waals surface area contributed by atoms with E-state index < -0.39 is 15.8 Å². The van der Waals surface area contributed by atoms with Gasteiger partial charge in [0.1, 0.15) is 6.54 Å². The number of anilines is 1. The normalized spacial score (nSPS) is 11.6. The smallest absolute Gasteiger partial charge is 0.323 e. The number of carbonyl (C=O) groups is 1. The summed E-state index contributed by atoms with van der Waals surface area (Å²) in [6.45, 7) is 1.14. The van der Waals surface area contributed by atoms with E-state index >= 15 is 0 Å². The highest BCUT2D eigenvalue weighted by molar-refractivity contribution is 7.90. The first-order valence-electron chi connectivity index (χ1n) is 6.12. The number of rotatable bonds is 7. The van der Waals surface area contributed by atoms with Gasteiger partial charge < -0.3 is 14.9 Å². The van der Waals surface area contributed by atoms with Crippen LogP contribution in [0, 0.1) is 0 Å². The molecule has 0 saturated heterocycles. The van der Waals surface area contributed by atoms with Crippen LogP contribution < -0.4 is 4.90 Å². The summed E-state index contributed by atoms with van der Waals surface area (Å²) in [7, 11) is 0.580. The number of hydrogen-bond donors (Lipinski definition) is 1. The largest absolute Gasteiger partial charge is 0.480 e. The maximum absolute atomic E-state index is 11.4. The van der Waals surface area contributed by atoms with Crippen molar-refractivity contribution in [2.75, 3.05) is 44.9 Å². The molecule has 0 radical (unpaired) electrons. The molecule has 1 rings (SSSR count). The van der Waals surface area contributed by atoms with E-state index in [9.17, 15) is 13.2 Å². The molecule has 0 heterocycles. The number of likely N-dealkylation sites (N-methyl/N-ethyl adjacent to an activating group) is 1. The molecule has 0 amide bonds. The summed E-state index contributed by atoms with van der Waals surface area (Å²) in [5.41, 5.74) is 0.696. The van der Waals surface area contributed by atoms with Gasteiger partial charge in [0.25, 0.3) is 0 Å². The molecule has 112 valence electrons. The first-order chi connectivity index (χ1) is 9.20. The van der Waals surface area contributed by atoms with Gasteiger partial charge in [0, 0.05) is 25.0 Å². The molecule has 20 heavy (non-hydrogen) atoms. The SMILES string of the molecule is CN(C)CCN(CC(=O)O)c1ccc(S(C)(=O)=O)cc1. The van der Waals surface area contributed by atoms with Crippen molar-refractivity contribution >= 4 is 21.5 Å². The topological polar surface area (TPSA) is 77.9 Å². The molecule has 0 spiro atoms. The van der Waals surface area contributed by atoms with Crippen molar-refractivity contribution in [1.82, 2.24) is 4.90 Å². The number of aliphatic carboxylic acids is 1. The number of sulfone groups is 1. The molecule has 0 fully saturated rings. The van der Waals surface area contributed by atoms with Gasteiger partial charge in [-0.2, -0.15) is 0 Å². The van der Waals surface area contributed by atoms with Crippen LogP contribution in [0.15, 0.2) is 29.2 Å². The Labute approximate surface area is 119 Å². The summed E-state index contributed by atoms with van der Waals surface area (Å²) in [5.74, 6) is -0.920. The fraction of sp³-hybridized carbons (Fsp3) is 0.462. The molecule has 0 aliphatic rings. The van der Waals surface area contributed by atoms with Crippen LogP contribution in [-0.2, 0) is 14.6 Å². The van der Waals surface area contributed by atoms with Gasteiger partial charge in [0.15, 0.2) is 9.84 Å². The highest BCUT2D eigenvalue weighted by Crippen LogP contribution is 2.17. The molecule has 1 aromatic carbocycles. The lowest BCUT2D eigenvalue weighted by molar-refractivity contribution is -0.135. The number of nitrogens with zero attached hydrogens (tertiary/aromatic N) is 2. The molecule has 0 bridgehead atoms. The quantitative estimate of drug-likeness (QED) is 0.792. The van der Waals surface area contributed by atoms with E-state index in [0.29, 0.717) is 18.8 Å². The number of carboxylic acid groups (broad SMARTS) is 1. The Morgan fingerprint density at radius 2 is 1.70 bits per heavy atom. The van der Waals surface area contributed by atoms with E-state index in [1.807, 2.05) is 19.0 Å². The lowest BCUT2D eigenvalue weighted by Crippen LogP contribution is -2.35. The molecule has 1 aromatic rings. The zero-order chi connectivity index (χ0) is 15.3. The molecule has 0 aliphatic carbocycles. The van der Waals surface area contributed by atoms with E-state index in [2.05, 4.69) is 0 Å². The highest BCUT2D eigenvalue weighted by Gasteiger charge is 2.12. The predicted molar refractivity (Wildman–Crippen MR) is 78.0 cm³/mol. The molecule has 0 atom stereocenters. The average molecular weight is 300 g/mol. The van der Waals surface area contributed by atoms with E-state index in [1.165, 1.54) is 12.1 Å². The molecule has 7 heteroatoms. The Morgan fingerprint density at radius 3 is 2.10 bits per heavy atom. The van der Waals surface area contributed by atoms with Crippen molar-refractivity contribution in [2.45, 2.75) is 4.90 Å². The Morgan fingerprint density at radius 1 is 1.15 bits per heavy atom. The van der Waals surface area contributed by atoms with Crippen molar-refractivity contribution in [1.29, 1.82) is 0 Å². The van der Waals surface area contributed by atoms with Crippen LogP contribution in [0.5, 0.6) is 0 Å². The van der Waals surface area contributed by atoms with Gasteiger partial charge in [-0.3, -0.25) is 4.79 Å². The number of benzene rings is 1. The fourth-order valence-corrected chi connectivity index (χ4v) is 2.32. The van der Waals surface area contributed by atoms with Gasteiger partial charge >= 0.3 is 5.97 Å². The summed E-state index contributed by atoms with van der Waals surface area (Å²) in [6, 6.07) is 6.26. The Balaban J connectivity index is 2.93. The van der Waals surface area contributed by atoms with E-state index in [1.54, 1.807) is 17.0 Å². The third kappa shape index (κ3) is 5.18.